The predicted molar refractivity (Wildman–Crippen MR) is 97.5 cm³/mol. The molecule has 3 aromatic rings. The maximum absolute atomic E-state index is 13.4. The lowest BCUT2D eigenvalue weighted by atomic mass is 10.1. The molecule has 0 radical (unpaired) electrons. The molecule has 0 bridgehead atoms. The summed E-state index contributed by atoms with van der Waals surface area (Å²) < 4.78 is 47.6. The largest absolute Gasteiger partial charge is 0.480 e. The summed E-state index contributed by atoms with van der Waals surface area (Å²) in [6.45, 7) is 3.45. The molecule has 3 rings (SSSR count). The highest BCUT2D eigenvalue weighted by Gasteiger charge is 2.36. The first-order valence-electron chi connectivity index (χ1n) is 8.59. The van der Waals surface area contributed by atoms with Crippen molar-refractivity contribution >= 4 is 0 Å². The number of rotatable bonds is 5. The molecule has 0 atom stereocenters. The van der Waals surface area contributed by atoms with Crippen molar-refractivity contribution < 1.29 is 23.0 Å². The van der Waals surface area contributed by atoms with Gasteiger partial charge in [0.1, 0.15) is 5.75 Å². The van der Waals surface area contributed by atoms with Crippen LogP contribution in [0, 0.1) is 0 Å². The van der Waals surface area contributed by atoms with Crippen molar-refractivity contribution in [1.29, 1.82) is 0 Å². The van der Waals surface area contributed by atoms with E-state index < -0.39 is 17.3 Å². The number of nitrogens with zero attached hydrogens (tertiary/aromatic N) is 3. The monoisotopic (exact) mass is 391 g/mol. The molecule has 8 heteroatoms. The number of aliphatic hydroxyl groups is 1. The maximum Gasteiger partial charge on any atom is 0.417 e. The van der Waals surface area contributed by atoms with Gasteiger partial charge in [-0.25, -0.2) is 0 Å². The second-order valence-corrected chi connectivity index (χ2v) is 6.86. The molecule has 0 aliphatic carbocycles. The van der Waals surface area contributed by atoms with E-state index in [4.69, 9.17) is 9.84 Å². The summed E-state index contributed by atoms with van der Waals surface area (Å²) in [5, 5.41) is 17.2. The first-order chi connectivity index (χ1) is 13.1. The van der Waals surface area contributed by atoms with Crippen LogP contribution in [0.4, 0.5) is 13.2 Å². The van der Waals surface area contributed by atoms with E-state index in [1.165, 1.54) is 22.8 Å². The molecular formula is C20H20F3N3O2. The minimum Gasteiger partial charge on any atom is -0.480 e. The maximum atomic E-state index is 13.4. The van der Waals surface area contributed by atoms with E-state index >= 15 is 0 Å². The molecule has 0 saturated heterocycles. The summed E-state index contributed by atoms with van der Waals surface area (Å²) in [6, 6.07) is 12.1. The van der Waals surface area contributed by atoms with Gasteiger partial charge in [-0.3, -0.25) is 0 Å². The molecule has 0 spiro atoms. The van der Waals surface area contributed by atoms with Gasteiger partial charge in [-0.05, 0) is 37.6 Å². The molecule has 0 aliphatic rings. The van der Waals surface area contributed by atoms with E-state index in [1.807, 2.05) is 0 Å². The molecule has 28 heavy (non-hydrogen) atoms. The van der Waals surface area contributed by atoms with Crippen LogP contribution in [0.15, 0.2) is 48.5 Å². The van der Waals surface area contributed by atoms with Crippen LogP contribution in [0.5, 0.6) is 5.75 Å². The lowest BCUT2D eigenvalue weighted by Crippen LogP contribution is -2.29. The third-order valence-corrected chi connectivity index (χ3v) is 4.37. The van der Waals surface area contributed by atoms with Gasteiger partial charge in [0.05, 0.1) is 12.2 Å². The normalized spacial score (nSPS) is 12.2. The standard InChI is InChI=1S/C20H20F3N3O2/c1-19(2,28-14-10-8-13(12-27)9-11-14)18-25-24-17(26(18)3)15-6-4-5-7-16(15)20(21,22)23/h4-11,27H,12H2,1-3H3. The minimum atomic E-state index is -4.50. The van der Waals surface area contributed by atoms with Crippen molar-refractivity contribution in [2.75, 3.05) is 0 Å². The Labute approximate surface area is 160 Å². The van der Waals surface area contributed by atoms with Gasteiger partial charge in [0.25, 0.3) is 0 Å². The van der Waals surface area contributed by atoms with Crippen LogP contribution in [0.3, 0.4) is 0 Å². The number of aliphatic hydroxyl groups excluding tert-OH is 1. The molecule has 148 valence electrons. The van der Waals surface area contributed by atoms with Crippen molar-refractivity contribution in [2.24, 2.45) is 7.05 Å². The summed E-state index contributed by atoms with van der Waals surface area (Å²) in [6.07, 6.45) is -4.50. The molecule has 0 unspecified atom stereocenters. The van der Waals surface area contributed by atoms with Crippen LogP contribution in [-0.4, -0.2) is 19.9 Å². The first kappa shape index (κ1) is 19.9. The Kier molecular flexibility index (Phi) is 5.16. The highest BCUT2D eigenvalue weighted by atomic mass is 19.4. The summed E-state index contributed by atoms with van der Waals surface area (Å²) in [4.78, 5) is 0. The van der Waals surface area contributed by atoms with E-state index in [0.717, 1.165) is 11.6 Å². The average Bonchev–Trinajstić information content (AvgIpc) is 3.03. The molecular weight excluding hydrogens is 371 g/mol. The number of benzene rings is 2. The molecule has 0 fully saturated rings. The fourth-order valence-electron chi connectivity index (χ4n) is 3.02. The fourth-order valence-corrected chi connectivity index (χ4v) is 3.02. The average molecular weight is 391 g/mol. The van der Waals surface area contributed by atoms with E-state index in [-0.39, 0.29) is 18.0 Å². The van der Waals surface area contributed by atoms with Gasteiger partial charge in [0, 0.05) is 12.6 Å². The second-order valence-electron chi connectivity index (χ2n) is 6.86. The predicted octanol–water partition coefficient (Wildman–Crippen LogP) is 4.31. The van der Waals surface area contributed by atoms with Crippen molar-refractivity contribution in [2.45, 2.75) is 32.2 Å². The van der Waals surface area contributed by atoms with Gasteiger partial charge in [-0.2, -0.15) is 13.2 Å². The number of ether oxygens (including phenoxy) is 1. The molecule has 0 saturated carbocycles. The molecule has 1 aromatic heterocycles. The smallest absolute Gasteiger partial charge is 0.417 e. The van der Waals surface area contributed by atoms with Crippen LogP contribution in [0.1, 0.15) is 30.8 Å². The zero-order chi connectivity index (χ0) is 20.5. The van der Waals surface area contributed by atoms with Gasteiger partial charge in [-0.1, -0.05) is 30.3 Å². The Hall–Kier alpha value is -2.87. The zero-order valence-electron chi connectivity index (χ0n) is 15.7. The van der Waals surface area contributed by atoms with Crippen molar-refractivity contribution in [3.8, 4) is 17.1 Å². The van der Waals surface area contributed by atoms with Gasteiger partial charge >= 0.3 is 6.18 Å². The van der Waals surface area contributed by atoms with E-state index in [2.05, 4.69) is 10.2 Å². The van der Waals surface area contributed by atoms with Crippen LogP contribution < -0.4 is 4.74 Å². The van der Waals surface area contributed by atoms with Crippen LogP contribution in [0.25, 0.3) is 11.4 Å². The highest BCUT2D eigenvalue weighted by molar-refractivity contribution is 5.61. The van der Waals surface area contributed by atoms with Crippen molar-refractivity contribution in [3.63, 3.8) is 0 Å². The minimum absolute atomic E-state index is 0.0423. The quantitative estimate of drug-likeness (QED) is 0.704. The Bertz CT molecular complexity index is 964. The van der Waals surface area contributed by atoms with Crippen LogP contribution >= 0.6 is 0 Å². The number of alkyl halides is 3. The Morgan fingerprint density at radius 1 is 1.00 bits per heavy atom. The summed E-state index contributed by atoms with van der Waals surface area (Å²) in [5.41, 5.74) is -1.02. The van der Waals surface area contributed by atoms with Crippen LogP contribution in [0.2, 0.25) is 0 Å². The SMILES string of the molecule is Cn1c(-c2ccccc2C(F)(F)F)nnc1C(C)(C)Oc1ccc(CO)cc1. The number of hydrogen-bond donors (Lipinski definition) is 1. The van der Waals surface area contributed by atoms with Crippen molar-refractivity contribution in [1.82, 2.24) is 14.8 Å². The molecule has 5 nitrogen and oxygen atoms in total. The number of aromatic nitrogens is 3. The van der Waals surface area contributed by atoms with Gasteiger partial charge in [0.15, 0.2) is 17.2 Å². The number of halogens is 3. The summed E-state index contributed by atoms with van der Waals surface area (Å²) in [7, 11) is 1.61. The summed E-state index contributed by atoms with van der Waals surface area (Å²) >= 11 is 0. The lowest BCUT2D eigenvalue weighted by molar-refractivity contribution is -0.137. The third kappa shape index (κ3) is 3.87. The molecule has 0 aliphatic heterocycles. The van der Waals surface area contributed by atoms with Crippen molar-refractivity contribution in [3.05, 3.63) is 65.5 Å². The first-order valence-corrected chi connectivity index (χ1v) is 8.59. The Morgan fingerprint density at radius 3 is 2.25 bits per heavy atom. The zero-order valence-corrected chi connectivity index (χ0v) is 15.7. The van der Waals surface area contributed by atoms with E-state index in [9.17, 15) is 13.2 Å². The van der Waals surface area contributed by atoms with E-state index in [0.29, 0.717) is 11.6 Å². The Balaban J connectivity index is 1.96. The lowest BCUT2D eigenvalue weighted by Gasteiger charge is -2.25. The topological polar surface area (TPSA) is 60.2 Å². The Morgan fingerprint density at radius 2 is 1.64 bits per heavy atom. The third-order valence-electron chi connectivity index (χ3n) is 4.37. The second kappa shape index (κ2) is 7.27. The summed E-state index contributed by atoms with van der Waals surface area (Å²) in [5.74, 6) is 1.03. The van der Waals surface area contributed by atoms with Gasteiger partial charge < -0.3 is 14.4 Å². The van der Waals surface area contributed by atoms with E-state index in [1.54, 1.807) is 45.2 Å². The molecule has 2 aromatic carbocycles. The molecule has 0 amide bonds. The van der Waals surface area contributed by atoms with Gasteiger partial charge in [0.2, 0.25) is 0 Å². The fraction of sp³-hybridized carbons (Fsp3) is 0.300. The van der Waals surface area contributed by atoms with Gasteiger partial charge in [-0.15, -0.1) is 10.2 Å². The number of hydrogen-bond acceptors (Lipinski definition) is 4. The van der Waals surface area contributed by atoms with Crippen LogP contribution in [-0.2, 0) is 25.4 Å². The molecule has 1 heterocycles. The molecule has 1 N–H and O–H groups in total. The highest BCUT2D eigenvalue weighted by Crippen LogP contribution is 2.37.